The maximum atomic E-state index is 6.12. The van der Waals surface area contributed by atoms with E-state index in [4.69, 9.17) is 4.74 Å². The second-order valence-electron chi connectivity index (χ2n) is 7.98. The predicted molar refractivity (Wildman–Crippen MR) is 120 cm³/mol. The number of guanidine groups is 1. The van der Waals surface area contributed by atoms with Gasteiger partial charge in [0.1, 0.15) is 11.9 Å². The predicted octanol–water partition coefficient (Wildman–Crippen LogP) is 3.63. The van der Waals surface area contributed by atoms with Crippen LogP contribution >= 0.6 is 0 Å². The van der Waals surface area contributed by atoms with Gasteiger partial charge in [0.05, 0.1) is 0 Å². The molecule has 0 aromatic heterocycles. The van der Waals surface area contributed by atoms with E-state index in [1.54, 1.807) is 0 Å². The number of piperidine rings is 1. The molecule has 2 aliphatic heterocycles. The van der Waals surface area contributed by atoms with Crippen LogP contribution in [0.4, 0.5) is 5.69 Å². The first-order chi connectivity index (χ1) is 14.3. The maximum Gasteiger partial charge on any atom is 0.193 e. The molecule has 2 aliphatic rings. The Morgan fingerprint density at radius 3 is 2.34 bits per heavy atom. The molecule has 0 spiro atoms. The van der Waals surface area contributed by atoms with E-state index in [0.717, 1.165) is 57.3 Å². The molecule has 4 rings (SSSR count). The lowest BCUT2D eigenvalue weighted by Crippen LogP contribution is -2.48. The van der Waals surface area contributed by atoms with Crippen molar-refractivity contribution < 1.29 is 4.74 Å². The van der Waals surface area contributed by atoms with Crippen molar-refractivity contribution >= 4 is 11.6 Å². The molecule has 0 amide bonds. The third kappa shape index (κ3) is 5.22. The van der Waals surface area contributed by atoms with Crippen molar-refractivity contribution in [3.63, 3.8) is 0 Å². The van der Waals surface area contributed by atoms with Crippen LogP contribution in [0.5, 0.6) is 5.75 Å². The maximum absolute atomic E-state index is 6.12. The summed E-state index contributed by atoms with van der Waals surface area (Å²) in [5.41, 5.74) is 1.33. The van der Waals surface area contributed by atoms with Crippen molar-refractivity contribution in [2.45, 2.75) is 25.4 Å². The molecule has 1 atom stereocenters. The summed E-state index contributed by atoms with van der Waals surface area (Å²) >= 11 is 0. The van der Waals surface area contributed by atoms with Crippen LogP contribution in [-0.4, -0.2) is 56.7 Å². The van der Waals surface area contributed by atoms with Crippen molar-refractivity contribution in [2.75, 3.05) is 44.7 Å². The fraction of sp³-hybridized carbons (Fsp3) is 0.458. The number of para-hydroxylation sites is 2. The number of nitrogens with one attached hydrogen (secondary N) is 1. The average molecular weight is 393 g/mol. The Hall–Kier alpha value is -2.69. The zero-order valence-electron chi connectivity index (χ0n) is 17.3. The zero-order valence-corrected chi connectivity index (χ0v) is 17.3. The number of likely N-dealkylation sites (tertiary alicyclic amines) is 1. The largest absolute Gasteiger partial charge is 0.490 e. The molecule has 0 saturated carbocycles. The molecular formula is C24H32N4O. The lowest BCUT2D eigenvalue weighted by Gasteiger charge is -2.34. The zero-order chi connectivity index (χ0) is 19.9. The van der Waals surface area contributed by atoms with Gasteiger partial charge in [-0.2, -0.15) is 0 Å². The van der Waals surface area contributed by atoms with Crippen LogP contribution in [0, 0.1) is 5.92 Å². The van der Waals surface area contributed by atoms with Crippen molar-refractivity contribution in [3.05, 3.63) is 60.7 Å². The van der Waals surface area contributed by atoms with Crippen LogP contribution in [0.3, 0.4) is 0 Å². The lowest BCUT2D eigenvalue weighted by molar-refractivity contribution is 0.129. The summed E-state index contributed by atoms with van der Waals surface area (Å²) in [7, 11) is 1.89. The molecule has 0 bridgehead atoms. The third-order valence-electron chi connectivity index (χ3n) is 5.96. The fourth-order valence-electron chi connectivity index (χ4n) is 4.32. The standard InChI is InChI=1S/C24H32N4O/c1-25-24(26-18-20-12-15-28(19-20)21-8-4-2-5-9-21)27-16-13-23(14-17-27)29-22-10-6-3-7-11-22/h2-11,20,23H,12-19H2,1H3,(H,25,26). The van der Waals surface area contributed by atoms with E-state index in [1.165, 1.54) is 12.1 Å². The highest BCUT2D eigenvalue weighted by Gasteiger charge is 2.25. The SMILES string of the molecule is CN=C(NCC1CCN(c2ccccc2)C1)N1CCC(Oc2ccccc2)CC1. The van der Waals surface area contributed by atoms with Gasteiger partial charge in [0.2, 0.25) is 0 Å². The van der Waals surface area contributed by atoms with Crippen LogP contribution < -0.4 is 15.0 Å². The number of hydrogen-bond donors (Lipinski definition) is 1. The quantitative estimate of drug-likeness (QED) is 0.623. The molecule has 2 aromatic rings. The van der Waals surface area contributed by atoms with Gasteiger partial charge in [0.15, 0.2) is 5.96 Å². The Kier molecular flexibility index (Phi) is 6.55. The van der Waals surface area contributed by atoms with Gasteiger partial charge in [-0.25, -0.2) is 0 Å². The number of benzene rings is 2. The molecule has 5 nitrogen and oxygen atoms in total. The molecule has 2 fully saturated rings. The molecule has 2 heterocycles. The number of anilines is 1. The van der Waals surface area contributed by atoms with Crippen LogP contribution in [-0.2, 0) is 0 Å². The second kappa shape index (κ2) is 9.68. The molecule has 0 aliphatic carbocycles. The van der Waals surface area contributed by atoms with Crippen LogP contribution in [0.2, 0.25) is 0 Å². The summed E-state index contributed by atoms with van der Waals surface area (Å²) < 4.78 is 6.12. The number of rotatable bonds is 5. The van der Waals surface area contributed by atoms with Crippen molar-refractivity contribution in [1.29, 1.82) is 0 Å². The van der Waals surface area contributed by atoms with E-state index in [-0.39, 0.29) is 0 Å². The molecule has 2 aromatic carbocycles. The average Bonchev–Trinajstić information content (AvgIpc) is 3.26. The number of aliphatic imine (C=N–C) groups is 1. The number of hydrogen-bond acceptors (Lipinski definition) is 3. The van der Waals surface area contributed by atoms with E-state index >= 15 is 0 Å². The normalized spacial score (nSPS) is 20.7. The highest BCUT2D eigenvalue weighted by molar-refractivity contribution is 5.80. The van der Waals surface area contributed by atoms with Crippen molar-refractivity contribution in [1.82, 2.24) is 10.2 Å². The minimum Gasteiger partial charge on any atom is -0.490 e. The highest BCUT2D eigenvalue weighted by atomic mass is 16.5. The molecule has 0 radical (unpaired) electrons. The van der Waals surface area contributed by atoms with Gasteiger partial charge >= 0.3 is 0 Å². The first-order valence-electron chi connectivity index (χ1n) is 10.8. The highest BCUT2D eigenvalue weighted by Crippen LogP contribution is 2.23. The summed E-state index contributed by atoms with van der Waals surface area (Å²) in [6.45, 7) is 5.20. The Labute approximate surface area is 174 Å². The number of ether oxygens (including phenoxy) is 1. The summed E-state index contributed by atoms with van der Waals surface area (Å²) in [5.74, 6) is 2.66. The Morgan fingerprint density at radius 1 is 0.966 bits per heavy atom. The van der Waals surface area contributed by atoms with Gasteiger partial charge in [-0.1, -0.05) is 36.4 Å². The molecule has 29 heavy (non-hydrogen) atoms. The molecular weight excluding hydrogens is 360 g/mol. The minimum atomic E-state index is 0.293. The third-order valence-corrected chi connectivity index (χ3v) is 5.96. The Bertz CT molecular complexity index is 772. The lowest BCUT2D eigenvalue weighted by atomic mass is 10.1. The monoisotopic (exact) mass is 392 g/mol. The summed E-state index contributed by atoms with van der Waals surface area (Å²) in [6, 6.07) is 20.9. The summed E-state index contributed by atoms with van der Waals surface area (Å²) in [5, 5.41) is 3.63. The van der Waals surface area contributed by atoms with E-state index in [2.05, 4.69) is 50.4 Å². The Morgan fingerprint density at radius 2 is 1.66 bits per heavy atom. The van der Waals surface area contributed by atoms with E-state index < -0.39 is 0 Å². The smallest absolute Gasteiger partial charge is 0.193 e. The van der Waals surface area contributed by atoms with Crippen LogP contribution in [0.15, 0.2) is 65.7 Å². The van der Waals surface area contributed by atoms with E-state index in [0.29, 0.717) is 12.0 Å². The molecule has 5 heteroatoms. The summed E-state index contributed by atoms with van der Waals surface area (Å²) in [6.07, 6.45) is 3.58. The van der Waals surface area contributed by atoms with Gasteiger partial charge < -0.3 is 19.9 Å². The van der Waals surface area contributed by atoms with Gasteiger partial charge in [-0.05, 0) is 36.6 Å². The van der Waals surface area contributed by atoms with Gasteiger partial charge in [-0.3, -0.25) is 4.99 Å². The van der Waals surface area contributed by atoms with Gasteiger partial charge in [-0.15, -0.1) is 0 Å². The van der Waals surface area contributed by atoms with E-state index in [1.807, 2.05) is 37.4 Å². The fourth-order valence-corrected chi connectivity index (χ4v) is 4.32. The van der Waals surface area contributed by atoms with Crippen LogP contribution in [0.25, 0.3) is 0 Å². The number of nitrogens with zero attached hydrogens (tertiary/aromatic N) is 3. The Balaban J connectivity index is 1.21. The molecule has 154 valence electrons. The van der Waals surface area contributed by atoms with Crippen molar-refractivity contribution in [2.24, 2.45) is 10.9 Å². The van der Waals surface area contributed by atoms with Gasteiger partial charge in [0, 0.05) is 58.3 Å². The summed E-state index contributed by atoms with van der Waals surface area (Å²) in [4.78, 5) is 9.39. The van der Waals surface area contributed by atoms with Crippen molar-refractivity contribution in [3.8, 4) is 5.75 Å². The van der Waals surface area contributed by atoms with Crippen LogP contribution in [0.1, 0.15) is 19.3 Å². The first kappa shape index (κ1) is 19.6. The topological polar surface area (TPSA) is 40.1 Å². The molecule has 2 saturated heterocycles. The molecule has 1 N–H and O–H groups in total. The molecule has 1 unspecified atom stereocenters. The first-order valence-corrected chi connectivity index (χ1v) is 10.8. The van der Waals surface area contributed by atoms with Gasteiger partial charge in [0.25, 0.3) is 0 Å². The van der Waals surface area contributed by atoms with E-state index in [9.17, 15) is 0 Å². The second-order valence-corrected chi connectivity index (χ2v) is 7.98. The minimum absolute atomic E-state index is 0.293.